The van der Waals surface area contributed by atoms with Gasteiger partial charge < -0.3 is 9.84 Å². The van der Waals surface area contributed by atoms with Crippen LogP contribution in [0, 0.1) is 3.57 Å². The van der Waals surface area contributed by atoms with Crippen molar-refractivity contribution in [3.05, 3.63) is 33.0 Å². The first kappa shape index (κ1) is 11.9. The topological polar surface area (TPSA) is 42.4 Å². The first-order valence-corrected chi connectivity index (χ1v) is 6.16. The molecule has 1 aromatic carbocycles. The zero-order valence-corrected chi connectivity index (χ0v) is 11.2. The Labute approximate surface area is 112 Å². The summed E-state index contributed by atoms with van der Waals surface area (Å²) in [6.45, 7) is 0.232. The van der Waals surface area contributed by atoms with E-state index in [0.717, 1.165) is 14.5 Å². The smallest absolute Gasteiger partial charge is 0.159 e. The van der Waals surface area contributed by atoms with E-state index < -0.39 is 0 Å². The van der Waals surface area contributed by atoms with Crippen LogP contribution >= 0.6 is 34.2 Å². The highest BCUT2D eigenvalue weighted by molar-refractivity contribution is 14.1. The summed E-state index contributed by atoms with van der Waals surface area (Å²) in [5.74, 6) is 0.676. The number of aromatic nitrogens is 1. The van der Waals surface area contributed by atoms with Gasteiger partial charge in [0.1, 0.15) is 12.1 Å². The Morgan fingerprint density at radius 1 is 1.50 bits per heavy atom. The van der Waals surface area contributed by atoms with Crippen LogP contribution in [0.4, 0.5) is 0 Å². The number of ether oxygens (including phenoxy) is 1. The average molecular weight is 350 g/mol. The van der Waals surface area contributed by atoms with Gasteiger partial charge in [-0.2, -0.15) is 0 Å². The van der Waals surface area contributed by atoms with Gasteiger partial charge in [0.15, 0.2) is 5.75 Å². The molecule has 2 rings (SSSR count). The second kappa shape index (κ2) is 5.16. The molecule has 0 amide bonds. The number of hydrogen-bond donors (Lipinski definition) is 1. The van der Waals surface area contributed by atoms with Crippen LogP contribution in [0.5, 0.6) is 5.75 Å². The third-order valence-corrected chi connectivity index (χ3v) is 3.20. The first-order valence-electron chi connectivity index (χ1n) is 4.70. The van der Waals surface area contributed by atoms with Crippen LogP contribution < -0.4 is 4.74 Å². The van der Waals surface area contributed by atoms with E-state index in [1.165, 1.54) is 0 Å². The van der Waals surface area contributed by atoms with Crippen molar-refractivity contribution in [2.24, 2.45) is 0 Å². The highest BCUT2D eigenvalue weighted by atomic mass is 127. The Bertz CT molecular complexity index is 519. The van der Waals surface area contributed by atoms with Crippen LogP contribution in [0.1, 0.15) is 0 Å². The molecular formula is C11H9ClINO2. The van der Waals surface area contributed by atoms with Gasteiger partial charge in [0.05, 0.1) is 15.2 Å². The SMILES string of the molecule is OCCOc1c(I)cc(Cl)c2cccnc12. The number of nitrogens with zero attached hydrogens (tertiary/aromatic N) is 1. The van der Waals surface area contributed by atoms with Crippen molar-refractivity contribution >= 4 is 45.1 Å². The van der Waals surface area contributed by atoms with Gasteiger partial charge in [-0.3, -0.25) is 4.98 Å². The minimum absolute atomic E-state index is 0.0208. The quantitative estimate of drug-likeness (QED) is 0.867. The molecule has 0 fully saturated rings. The Hall–Kier alpha value is -0.590. The summed E-state index contributed by atoms with van der Waals surface area (Å²) in [7, 11) is 0. The predicted molar refractivity (Wildman–Crippen MR) is 72.1 cm³/mol. The summed E-state index contributed by atoms with van der Waals surface area (Å²) in [6, 6.07) is 5.56. The number of hydrogen-bond acceptors (Lipinski definition) is 3. The molecule has 0 aliphatic rings. The number of halogens is 2. The van der Waals surface area contributed by atoms with Crippen molar-refractivity contribution in [1.29, 1.82) is 0 Å². The fourth-order valence-corrected chi connectivity index (χ4v) is 2.60. The van der Waals surface area contributed by atoms with Crippen LogP contribution in [-0.2, 0) is 0 Å². The molecule has 5 heteroatoms. The molecule has 0 atom stereocenters. The van der Waals surface area contributed by atoms with E-state index in [1.807, 2.05) is 18.2 Å². The Kier molecular flexibility index (Phi) is 3.83. The molecule has 3 nitrogen and oxygen atoms in total. The largest absolute Gasteiger partial charge is 0.488 e. The van der Waals surface area contributed by atoms with Crippen LogP contribution in [0.15, 0.2) is 24.4 Å². The second-order valence-corrected chi connectivity index (χ2v) is 4.71. The molecule has 0 bridgehead atoms. The average Bonchev–Trinajstić information content (AvgIpc) is 2.29. The number of benzene rings is 1. The van der Waals surface area contributed by atoms with Crippen molar-refractivity contribution in [2.75, 3.05) is 13.2 Å². The lowest BCUT2D eigenvalue weighted by molar-refractivity contribution is 0.202. The fourth-order valence-electron chi connectivity index (χ4n) is 1.43. The van der Waals surface area contributed by atoms with Crippen molar-refractivity contribution in [3.63, 3.8) is 0 Å². The van der Waals surface area contributed by atoms with E-state index >= 15 is 0 Å². The first-order chi connectivity index (χ1) is 7.74. The van der Waals surface area contributed by atoms with E-state index in [1.54, 1.807) is 6.20 Å². The molecule has 0 saturated carbocycles. The zero-order chi connectivity index (χ0) is 11.5. The maximum Gasteiger partial charge on any atom is 0.159 e. The Morgan fingerprint density at radius 3 is 3.06 bits per heavy atom. The maximum atomic E-state index is 8.77. The molecule has 0 unspecified atom stereocenters. The van der Waals surface area contributed by atoms with Gasteiger partial charge in [-0.25, -0.2) is 0 Å². The van der Waals surface area contributed by atoms with Gasteiger partial charge in [-0.15, -0.1) is 0 Å². The van der Waals surface area contributed by atoms with Crippen LogP contribution in [0.3, 0.4) is 0 Å². The minimum atomic E-state index is -0.0208. The lowest BCUT2D eigenvalue weighted by atomic mass is 10.2. The van der Waals surface area contributed by atoms with Crippen molar-refractivity contribution in [1.82, 2.24) is 4.98 Å². The molecular weight excluding hydrogens is 340 g/mol. The number of rotatable bonds is 3. The predicted octanol–water partition coefficient (Wildman–Crippen LogP) is 2.86. The molecule has 0 saturated heterocycles. The van der Waals surface area contributed by atoms with Crippen LogP contribution in [0.2, 0.25) is 5.02 Å². The molecule has 0 spiro atoms. The molecule has 1 aromatic heterocycles. The minimum Gasteiger partial charge on any atom is -0.488 e. The van der Waals surface area contributed by atoms with E-state index in [4.69, 9.17) is 21.4 Å². The zero-order valence-electron chi connectivity index (χ0n) is 8.28. The maximum absolute atomic E-state index is 8.77. The fraction of sp³-hybridized carbons (Fsp3) is 0.182. The molecule has 0 aliphatic heterocycles. The molecule has 16 heavy (non-hydrogen) atoms. The lowest BCUT2D eigenvalue weighted by Gasteiger charge is -2.10. The normalized spacial score (nSPS) is 10.7. The van der Waals surface area contributed by atoms with Gasteiger partial charge >= 0.3 is 0 Å². The molecule has 1 heterocycles. The number of aliphatic hydroxyl groups is 1. The third kappa shape index (κ3) is 2.23. The van der Waals surface area contributed by atoms with Gasteiger partial charge in [0, 0.05) is 11.6 Å². The van der Waals surface area contributed by atoms with Crippen molar-refractivity contribution in [3.8, 4) is 5.75 Å². The van der Waals surface area contributed by atoms with E-state index in [9.17, 15) is 0 Å². The summed E-state index contributed by atoms with van der Waals surface area (Å²) in [5.41, 5.74) is 0.729. The number of fused-ring (bicyclic) bond motifs is 1. The molecule has 0 aliphatic carbocycles. The lowest BCUT2D eigenvalue weighted by Crippen LogP contribution is -2.04. The summed E-state index contributed by atoms with van der Waals surface area (Å²) in [5, 5.41) is 10.3. The summed E-state index contributed by atoms with van der Waals surface area (Å²) in [6.07, 6.45) is 1.69. The Balaban J connectivity index is 2.61. The van der Waals surface area contributed by atoms with Crippen molar-refractivity contribution in [2.45, 2.75) is 0 Å². The standard InChI is InChI=1S/C11H9ClINO2/c12-8-6-9(13)11(16-5-4-15)10-7(8)2-1-3-14-10/h1-3,6,15H,4-5H2. The highest BCUT2D eigenvalue weighted by Crippen LogP contribution is 2.34. The summed E-state index contributed by atoms with van der Waals surface area (Å²) >= 11 is 8.26. The highest BCUT2D eigenvalue weighted by Gasteiger charge is 2.11. The van der Waals surface area contributed by atoms with Gasteiger partial charge in [-0.1, -0.05) is 11.6 Å². The monoisotopic (exact) mass is 349 g/mol. The van der Waals surface area contributed by atoms with E-state index in [0.29, 0.717) is 10.8 Å². The van der Waals surface area contributed by atoms with Gasteiger partial charge in [0.25, 0.3) is 0 Å². The van der Waals surface area contributed by atoms with Gasteiger partial charge in [0.2, 0.25) is 0 Å². The third-order valence-electron chi connectivity index (χ3n) is 2.09. The molecule has 0 radical (unpaired) electrons. The summed E-state index contributed by atoms with van der Waals surface area (Å²) in [4.78, 5) is 4.26. The number of pyridine rings is 1. The molecule has 2 aromatic rings. The van der Waals surface area contributed by atoms with Gasteiger partial charge in [-0.05, 0) is 40.8 Å². The van der Waals surface area contributed by atoms with Crippen LogP contribution in [-0.4, -0.2) is 23.3 Å². The Morgan fingerprint density at radius 2 is 2.31 bits per heavy atom. The molecule has 84 valence electrons. The number of aliphatic hydroxyl groups excluding tert-OH is 1. The summed E-state index contributed by atoms with van der Waals surface area (Å²) < 4.78 is 6.37. The molecule has 1 N–H and O–H groups in total. The van der Waals surface area contributed by atoms with Crippen LogP contribution in [0.25, 0.3) is 10.9 Å². The van der Waals surface area contributed by atoms with Crippen molar-refractivity contribution < 1.29 is 9.84 Å². The van der Waals surface area contributed by atoms with E-state index in [2.05, 4.69) is 27.6 Å². The van der Waals surface area contributed by atoms with E-state index in [-0.39, 0.29) is 13.2 Å². The second-order valence-electron chi connectivity index (χ2n) is 3.14.